The minimum Gasteiger partial charge on any atom is -0.477 e. The number of halogens is 2. The van der Waals surface area contributed by atoms with Crippen LogP contribution in [0, 0.1) is 5.82 Å². The number of aromatic nitrogens is 1. The number of hydrogen-bond acceptors (Lipinski definition) is 6. The molecule has 0 amide bonds. The second-order valence-corrected chi connectivity index (χ2v) is 10.7. The monoisotopic (exact) mass is 560 g/mol. The third-order valence-corrected chi connectivity index (χ3v) is 7.92. The molecule has 2 heterocycles. The molecule has 39 heavy (non-hydrogen) atoms. The number of nitrogens with zero attached hydrogens (tertiary/aromatic N) is 2. The molecule has 8 nitrogen and oxygen atoms in total. The van der Waals surface area contributed by atoms with E-state index >= 15 is 4.39 Å². The zero-order chi connectivity index (χ0) is 28.5. The normalized spacial score (nSPS) is 15.1. The molecule has 3 aromatic rings. The Labute approximate surface area is 231 Å². The van der Waals surface area contributed by atoms with Crippen LogP contribution in [0.5, 0.6) is 0 Å². The lowest BCUT2D eigenvalue weighted by atomic mass is 9.93. The van der Waals surface area contributed by atoms with E-state index in [1.807, 2.05) is 13.0 Å². The molecule has 10 heteroatoms. The molecule has 1 aromatic heterocycles. The lowest BCUT2D eigenvalue weighted by Gasteiger charge is -2.35. The van der Waals surface area contributed by atoms with Crippen LogP contribution >= 0.6 is 11.6 Å². The van der Waals surface area contributed by atoms with Crippen molar-refractivity contribution in [1.29, 1.82) is 0 Å². The first kappa shape index (κ1) is 29.0. The Bertz CT molecular complexity index is 1450. The number of carboxylic acid groups (broad SMARTS) is 1. The van der Waals surface area contributed by atoms with Gasteiger partial charge in [-0.05, 0) is 61.2 Å². The third-order valence-electron chi connectivity index (χ3n) is 7.65. The summed E-state index contributed by atoms with van der Waals surface area (Å²) in [5, 5.41) is 20.3. The van der Waals surface area contributed by atoms with Crippen molar-refractivity contribution in [2.45, 2.75) is 45.3 Å². The topological polar surface area (TPSA) is 101 Å². The maximum absolute atomic E-state index is 15.3. The smallest absolute Gasteiger partial charge is 0.341 e. The fourth-order valence-electron chi connectivity index (χ4n) is 5.13. The maximum atomic E-state index is 15.3. The van der Waals surface area contributed by atoms with Gasteiger partial charge in [0, 0.05) is 43.9 Å². The Morgan fingerprint density at radius 2 is 1.87 bits per heavy atom. The molecule has 210 valence electrons. The minimum atomic E-state index is -1.38. The molecule has 0 aliphatic carbocycles. The number of aliphatic hydroxyl groups is 1. The Hall–Kier alpha value is -2.98. The number of benzene rings is 2. The number of aromatic carboxylic acids is 1. The highest BCUT2D eigenvalue weighted by atomic mass is 35.5. The first-order chi connectivity index (χ1) is 18.5. The molecular weight excluding hydrogens is 527 g/mol. The van der Waals surface area contributed by atoms with Crippen molar-refractivity contribution in [3.05, 3.63) is 73.8 Å². The highest BCUT2D eigenvalue weighted by molar-refractivity contribution is 6.31. The number of rotatable bonds is 9. The molecule has 1 aliphatic heterocycles. The zero-order valence-electron chi connectivity index (χ0n) is 22.6. The Kier molecular flexibility index (Phi) is 8.66. The fourth-order valence-corrected chi connectivity index (χ4v) is 5.37. The maximum Gasteiger partial charge on any atom is 0.341 e. The van der Waals surface area contributed by atoms with Crippen molar-refractivity contribution >= 4 is 34.2 Å². The average Bonchev–Trinajstić information content (AvgIpc) is 2.92. The van der Waals surface area contributed by atoms with Crippen molar-refractivity contribution in [1.82, 2.24) is 4.57 Å². The first-order valence-corrected chi connectivity index (χ1v) is 13.3. The summed E-state index contributed by atoms with van der Waals surface area (Å²) in [6.07, 6.45) is 2.00. The van der Waals surface area contributed by atoms with Gasteiger partial charge in [0.25, 0.3) is 0 Å². The summed E-state index contributed by atoms with van der Waals surface area (Å²) >= 11 is 6.29. The standard InChI is InChI=1S/C29H34ClFN2O6/c1-5-17-13-24-21(27(35)22(28(36)37)15-33(24)25(16-34)29(2,3)38-4)12-18(17)10-19-11-20(14-23(30)26(19)31)32-6-8-39-9-7-32/h11-15,25,34H,5-10,16H2,1-4H3,(H,36,37). The Morgan fingerprint density at radius 3 is 2.46 bits per heavy atom. The van der Waals surface area contributed by atoms with Crippen LogP contribution in [0.1, 0.15) is 53.9 Å². The SMILES string of the molecule is CCc1cc2c(cc1Cc1cc(N3CCOCC3)cc(Cl)c1F)c(=O)c(C(=O)O)cn2C(CO)C(C)(C)OC. The van der Waals surface area contributed by atoms with Crippen molar-refractivity contribution in [3.63, 3.8) is 0 Å². The summed E-state index contributed by atoms with van der Waals surface area (Å²) in [5.74, 6) is -1.91. The van der Waals surface area contributed by atoms with Gasteiger partial charge in [-0.2, -0.15) is 0 Å². The number of morpholine rings is 1. The number of pyridine rings is 1. The zero-order valence-corrected chi connectivity index (χ0v) is 23.3. The molecule has 1 aliphatic rings. The van der Waals surface area contributed by atoms with E-state index in [4.69, 9.17) is 21.1 Å². The summed E-state index contributed by atoms with van der Waals surface area (Å²) in [5.41, 5.74) is 1.24. The summed E-state index contributed by atoms with van der Waals surface area (Å²) in [6, 6.07) is 6.16. The van der Waals surface area contributed by atoms with E-state index in [0.717, 1.165) is 11.3 Å². The number of methoxy groups -OCH3 is 1. The quantitative estimate of drug-likeness (QED) is 0.399. The van der Waals surface area contributed by atoms with E-state index in [1.165, 1.54) is 13.3 Å². The molecular formula is C29H34ClFN2O6. The molecule has 2 N–H and O–H groups in total. The number of carbonyl (C=O) groups is 1. The van der Waals surface area contributed by atoms with Gasteiger partial charge in [0.1, 0.15) is 11.4 Å². The molecule has 0 radical (unpaired) electrons. The summed E-state index contributed by atoms with van der Waals surface area (Å²) in [7, 11) is 1.51. The van der Waals surface area contributed by atoms with E-state index < -0.39 is 34.4 Å². The number of ether oxygens (including phenoxy) is 2. The van der Waals surface area contributed by atoms with Crippen LogP contribution in [-0.4, -0.2) is 66.4 Å². The first-order valence-electron chi connectivity index (χ1n) is 12.9. The van der Waals surface area contributed by atoms with Crippen LogP contribution in [0.15, 0.2) is 35.3 Å². The van der Waals surface area contributed by atoms with Gasteiger partial charge in [-0.25, -0.2) is 9.18 Å². The summed E-state index contributed by atoms with van der Waals surface area (Å²) in [4.78, 5) is 27.5. The summed E-state index contributed by atoms with van der Waals surface area (Å²) < 4.78 is 27.9. The number of aliphatic hydroxyl groups excluding tert-OH is 1. The van der Waals surface area contributed by atoms with Gasteiger partial charge >= 0.3 is 5.97 Å². The Balaban J connectivity index is 1.91. The third kappa shape index (κ3) is 5.68. The van der Waals surface area contributed by atoms with Gasteiger partial charge in [0.05, 0.1) is 42.0 Å². The van der Waals surface area contributed by atoms with E-state index in [0.29, 0.717) is 49.4 Å². The molecule has 4 rings (SSSR count). The second kappa shape index (κ2) is 11.6. The fraction of sp³-hybridized carbons (Fsp3) is 0.448. The van der Waals surface area contributed by atoms with E-state index in [9.17, 15) is 19.8 Å². The highest BCUT2D eigenvalue weighted by Crippen LogP contribution is 2.33. The number of anilines is 1. The second-order valence-electron chi connectivity index (χ2n) is 10.3. The number of aryl methyl sites for hydroxylation is 1. The van der Waals surface area contributed by atoms with Crippen LogP contribution in [0.2, 0.25) is 5.02 Å². The molecule has 0 spiro atoms. The largest absolute Gasteiger partial charge is 0.477 e. The van der Waals surface area contributed by atoms with Crippen LogP contribution in [0.4, 0.5) is 10.1 Å². The molecule has 0 saturated carbocycles. The van der Waals surface area contributed by atoms with Gasteiger partial charge < -0.3 is 29.2 Å². The minimum absolute atomic E-state index is 0.0101. The molecule has 1 saturated heterocycles. The van der Waals surface area contributed by atoms with Crippen LogP contribution in [0.25, 0.3) is 10.9 Å². The number of fused-ring (bicyclic) bond motifs is 1. The van der Waals surface area contributed by atoms with E-state index in [-0.39, 0.29) is 23.4 Å². The Morgan fingerprint density at radius 1 is 1.18 bits per heavy atom. The van der Waals surface area contributed by atoms with E-state index in [2.05, 4.69) is 4.90 Å². The van der Waals surface area contributed by atoms with Crippen molar-refractivity contribution in [3.8, 4) is 0 Å². The molecule has 1 fully saturated rings. The van der Waals surface area contributed by atoms with Crippen molar-refractivity contribution < 1.29 is 28.9 Å². The van der Waals surface area contributed by atoms with Gasteiger partial charge in [0.2, 0.25) is 5.43 Å². The van der Waals surface area contributed by atoms with Gasteiger partial charge in [0.15, 0.2) is 0 Å². The predicted molar refractivity (Wildman–Crippen MR) is 149 cm³/mol. The predicted octanol–water partition coefficient (Wildman–Crippen LogP) is 4.44. The molecule has 2 aromatic carbocycles. The van der Waals surface area contributed by atoms with Crippen LogP contribution in [0.3, 0.4) is 0 Å². The number of carboxylic acids is 1. The molecule has 1 atom stereocenters. The van der Waals surface area contributed by atoms with Crippen LogP contribution in [-0.2, 0) is 22.3 Å². The summed E-state index contributed by atoms with van der Waals surface area (Å²) in [6.45, 7) is 7.64. The number of hydrogen-bond donors (Lipinski definition) is 2. The van der Waals surface area contributed by atoms with Gasteiger partial charge in [-0.1, -0.05) is 18.5 Å². The van der Waals surface area contributed by atoms with Crippen molar-refractivity contribution in [2.24, 2.45) is 0 Å². The van der Waals surface area contributed by atoms with Gasteiger partial charge in [-0.3, -0.25) is 4.79 Å². The van der Waals surface area contributed by atoms with Crippen LogP contribution < -0.4 is 10.3 Å². The van der Waals surface area contributed by atoms with E-state index in [1.54, 1.807) is 36.6 Å². The van der Waals surface area contributed by atoms with Gasteiger partial charge in [-0.15, -0.1) is 0 Å². The average molecular weight is 561 g/mol. The highest BCUT2D eigenvalue weighted by Gasteiger charge is 2.32. The van der Waals surface area contributed by atoms with Crippen molar-refractivity contribution in [2.75, 3.05) is 44.9 Å². The molecule has 1 unspecified atom stereocenters. The lowest BCUT2D eigenvalue weighted by molar-refractivity contribution is -0.0383. The molecule has 0 bridgehead atoms. The lowest BCUT2D eigenvalue weighted by Crippen LogP contribution is -2.39.